The van der Waals surface area contributed by atoms with Crippen molar-refractivity contribution in [3.05, 3.63) is 58.3 Å². The summed E-state index contributed by atoms with van der Waals surface area (Å²) in [5.41, 5.74) is 2.55. The number of aromatic nitrogens is 2. The highest BCUT2D eigenvalue weighted by Crippen LogP contribution is 2.16. The Morgan fingerprint density at radius 3 is 2.62 bits per heavy atom. The van der Waals surface area contributed by atoms with E-state index >= 15 is 0 Å². The maximum absolute atomic E-state index is 12.3. The van der Waals surface area contributed by atoms with Crippen LogP contribution in [0, 0.1) is 6.92 Å². The molecule has 0 fully saturated rings. The lowest BCUT2D eigenvalue weighted by atomic mass is 10.0. The summed E-state index contributed by atoms with van der Waals surface area (Å²) in [7, 11) is 0. The van der Waals surface area contributed by atoms with Crippen molar-refractivity contribution in [3.63, 3.8) is 0 Å². The molecule has 1 heterocycles. The minimum Gasteiger partial charge on any atom is -0.309 e. The summed E-state index contributed by atoms with van der Waals surface area (Å²) >= 11 is 0. The van der Waals surface area contributed by atoms with Gasteiger partial charge in [0.25, 0.3) is 0 Å². The monoisotopic (exact) mass is 287 g/mol. The van der Waals surface area contributed by atoms with Gasteiger partial charge in [0.05, 0.1) is 6.04 Å². The Kier molecular flexibility index (Phi) is 5.39. The molecule has 1 aromatic carbocycles. The maximum Gasteiger partial charge on any atom is 0.328 e. The SMILES string of the molecule is CCCn1ccn(CC(NCC)c2cccc(C)c2)c1=O. The topological polar surface area (TPSA) is 39.0 Å². The molecule has 0 aliphatic heterocycles. The van der Waals surface area contributed by atoms with Crippen molar-refractivity contribution >= 4 is 0 Å². The van der Waals surface area contributed by atoms with Crippen LogP contribution in [0.2, 0.25) is 0 Å². The molecule has 0 aliphatic carbocycles. The Hall–Kier alpha value is -1.81. The van der Waals surface area contributed by atoms with Crippen molar-refractivity contribution < 1.29 is 0 Å². The molecule has 2 rings (SSSR count). The first-order valence-electron chi connectivity index (χ1n) is 7.71. The minimum absolute atomic E-state index is 0.0763. The maximum atomic E-state index is 12.3. The molecule has 21 heavy (non-hydrogen) atoms. The molecule has 1 unspecified atom stereocenters. The van der Waals surface area contributed by atoms with E-state index in [4.69, 9.17) is 0 Å². The lowest BCUT2D eigenvalue weighted by Gasteiger charge is -2.19. The predicted molar refractivity (Wildman–Crippen MR) is 86.6 cm³/mol. The molecule has 0 bridgehead atoms. The Morgan fingerprint density at radius 1 is 1.19 bits per heavy atom. The van der Waals surface area contributed by atoms with E-state index in [1.807, 2.05) is 12.4 Å². The van der Waals surface area contributed by atoms with E-state index in [-0.39, 0.29) is 11.7 Å². The zero-order valence-electron chi connectivity index (χ0n) is 13.2. The molecule has 1 aromatic heterocycles. The van der Waals surface area contributed by atoms with Crippen LogP contribution in [0.15, 0.2) is 41.5 Å². The second-order valence-electron chi connectivity index (χ2n) is 5.45. The third-order valence-electron chi connectivity index (χ3n) is 3.66. The van der Waals surface area contributed by atoms with Crippen LogP contribution in [0.1, 0.15) is 37.4 Å². The van der Waals surface area contributed by atoms with Gasteiger partial charge in [0.15, 0.2) is 0 Å². The number of aryl methyl sites for hydroxylation is 2. The molecular formula is C17H25N3O. The van der Waals surface area contributed by atoms with E-state index in [9.17, 15) is 4.79 Å². The summed E-state index contributed by atoms with van der Waals surface area (Å²) in [6.45, 7) is 8.58. The number of nitrogens with zero attached hydrogens (tertiary/aromatic N) is 2. The van der Waals surface area contributed by atoms with E-state index in [0.717, 1.165) is 19.5 Å². The second-order valence-corrected chi connectivity index (χ2v) is 5.45. The van der Waals surface area contributed by atoms with Crippen LogP contribution in [0.3, 0.4) is 0 Å². The Morgan fingerprint density at radius 2 is 1.95 bits per heavy atom. The first-order chi connectivity index (χ1) is 10.2. The fourth-order valence-corrected chi connectivity index (χ4v) is 2.62. The molecule has 0 saturated heterocycles. The molecule has 4 heteroatoms. The highest BCUT2D eigenvalue weighted by atomic mass is 16.1. The fourth-order valence-electron chi connectivity index (χ4n) is 2.62. The third-order valence-corrected chi connectivity index (χ3v) is 3.66. The molecule has 0 spiro atoms. The second kappa shape index (κ2) is 7.27. The normalized spacial score (nSPS) is 12.5. The van der Waals surface area contributed by atoms with Crippen LogP contribution in [0.4, 0.5) is 0 Å². The van der Waals surface area contributed by atoms with Crippen LogP contribution < -0.4 is 11.0 Å². The highest BCUT2D eigenvalue weighted by Gasteiger charge is 2.13. The smallest absolute Gasteiger partial charge is 0.309 e. The number of rotatable bonds is 7. The van der Waals surface area contributed by atoms with Crippen molar-refractivity contribution in [2.45, 2.75) is 46.3 Å². The van der Waals surface area contributed by atoms with E-state index in [2.05, 4.69) is 50.4 Å². The van der Waals surface area contributed by atoms with Gasteiger partial charge in [-0.3, -0.25) is 9.13 Å². The van der Waals surface area contributed by atoms with E-state index < -0.39 is 0 Å². The van der Waals surface area contributed by atoms with Gasteiger partial charge in [-0.05, 0) is 25.5 Å². The molecule has 0 radical (unpaired) electrons. The van der Waals surface area contributed by atoms with E-state index in [1.54, 1.807) is 9.13 Å². The van der Waals surface area contributed by atoms with Crippen molar-refractivity contribution in [2.75, 3.05) is 6.54 Å². The summed E-state index contributed by atoms with van der Waals surface area (Å²) in [6.07, 6.45) is 4.74. The highest BCUT2D eigenvalue weighted by molar-refractivity contribution is 5.25. The number of imidazole rings is 1. The van der Waals surface area contributed by atoms with Gasteiger partial charge in [-0.1, -0.05) is 43.7 Å². The molecule has 1 N–H and O–H groups in total. The van der Waals surface area contributed by atoms with Crippen LogP contribution in [0.25, 0.3) is 0 Å². The number of benzene rings is 1. The largest absolute Gasteiger partial charge is 0.328 e. The van der Waals surface area contributed by atoms with Crippen LogP contribution in [-0.4, -0.2) is 15.7 Å². The summed E-state index contributed by atoms with van der Waals surface area (Å²) < 4.78 is 3.57. The van der Waals surface area contributed by atoms with Crippen molar-refractivity contribution in [2.24, 2.45) is 0 Å². The van der Waals surface area contributed by atoms with Crippen molar-refractivity contribution in [1.29, 1.82) is 0 Å². The number of hydrogen-bond acceptors (Lipinski definition) is 2. The lowest BCUT2D eigenvalue weighted by Crippen LogP contribution is -2.31. The van der Waals surface area contributed by atoms with Gasteiger partial charge in [-0.25, -0.2) is 4.79 Å². The average molecular weight is 287 g/mol. The van der Waals surface area contributed by atoms with E-state index in [1.165, 1.54) is 11.1 Å². The van der Waals surface area contributed by atoms with Gasteiger partial charge >= 0.3 is 5.69 Å². The van der Waals surface area contributed by atoms with Gasteiger partial charge < -0.3 is 5.32 Å². The minimum atomic E-state index is 0.0763. The van der Waals surface area contributed by atoms with Crippen molar-refractivity contribution in [1.82, 2.24) is 14.5 Å². The lowest BCUT2D eigenvalue weighted by molar-refractivity contribution is 0.461. The number of nitrogens with one attached hydrogen (secondary N) is 1. The Labute approximate surface area is 126 Å². The van der Waals surface area contributed by atoms with Crippen LogP contribution in [0.5, 0.6) is 0 Å². The quantitative estimate of drug-likeness (QED) is 0.850. The molecule has 1 atom stereocenters. The predicted octanol–water partition coefficient (Wildman–Crippen LogP) is 2.72. The third kappa shape index (κ3) is 3.85. The average Bonchev–Trinajstić information content (AvgIpc) is 2.80. The molecule has 2 aromatic rings. The number of hydrogen-bond donors (Lipinski definition) is 1. The van der Waals surface area contributed by atoms with E-state index in [0.29, 0.717) is 6.54 Å². The summed E-state index contributed by atoms with van der Waals surface area (Å²) in [6, 6.07) is 8.62. The fraction of sp³-hybridized carbons (Fsp3) is 0.471. The first-order valence-corrected chi connectivity index (χ1v) is 7.71. The zero-order valence-corrected chi connectivity index (χ0v) is 13.2. The van der Waals surface area contributed by atoms with Gasteiger partial charge in [-0.15, -0.1) is 0 Å². The standard InChI is InChI=1S/C17H25N3O/c1-4-9-19-10-11-20(17(19)21)13-16(18-5-2)15-8-6-7-14(3)12-15/h6-8,10-12,16,18H,4-5,9,13H2,1-3H3. The molecule has 114 valence electrons. The molecule has 0 saturated carbocycles. The van der Waals surface area contributed by atoms with Crippen LogP contribution >= 0.6 is 0 Å². The molecule has 0 amide bonds. The van der Waals surface area contributed by atoms with Crippen LogP contribution in [-0.2, 0) is 13.1 Å². The zero-order chi connectivity index (χ0) is 15.2. The molecule has 4 nitrogen and oxygen atoms in total. The van der Waals surface area contributed by atoms with Crippen molar-refractivity contribution in [3.8, 4) is 0 Å². The summed E-state index contributed by atoms with van der Waals surface area (Å²) in [4.78, 5) is 12.3. The molecule has 0 aliphatic rings. The Balaban J connectivity index is 2.22. The van der Waals surface area contributed by atoms with Gasteiger partial charge in [0, 0.05) is 25.5 Å². The summed E-state index contributed by atoms with van der Waals surface area (Å²) in [5, 5.41) is 3.47. The van der Waals surface area contributed by atoms with Gasteiger partial charge in [-0.2, -0.15) is 0 Å². The Bertz CT molecular complexity index is 627. The molecular weight excluding hydrogens is 262 g/mol. The number of likely N-dealkylation sites (N-methyl/N-ethyl adjacent to an activating group) is 1. The van der Waals surface area contributed by atoms with Gasteiger partial charge in [0.2, 0.25) is 0 Å². The summed E-state index contributed by atoms with van der Waals surface area (Å²) in [5.74, 6) is 0. The first kappa shape index (κ1) is 15.6. The van der Waals surface area contributed by atoms with Gasteiger partial charge in [0.1, 0.15) is 0 Å².